The summed E-state index contributed by atoms with van der Waals surface area (Å²) in [4.78, 5) is 61.9. The molecule has 0 saturated carbocycles. The minimum absolute atomic E-state index is 0.0475. The number of amides is 3. The third kappa shape index (κ3) is 7.94. The third-order valence-electron chi connectivity index (χ3n) is 8.71. The molecule has 0 spiro atoms. The number of fused-ring (bicyclic) bond motifs is 1. The van der Waals surface area contributed by atoms with Gasteiger partial charge < -0.3 is 52.2 Å². The van der Waals surface area contributed by atoms with Gasteiger partial charge in [0.1, 0.15) is 23.7 Å². The van der Waals surface area contributed by atoms with Crippen LogP contribution in [-0.2, 0) is 24.0 Å². The summed E-state index contributed by atoms with van der Waals surface area (Å²) in [5.74, 6) is 1.39. The average molecular weight is 801 g/mol. The van der Waals surface area contributed by atoms with E-state index in [1.165, 1.54) is 42.0 Å². The predicted molar refractivity (Wildman–Crippen MR) is 194 cm³/mol. The molecule has 52 heavy (non-hydrogen) atoms. The van der Waals surface area contributed by atoms with Crippen molar-refractivity contribution in [3.8, 4) is 11.5 Å². The lowest BCUT2D eigenvalue weighted by atomic mass is 10.0. The van der Waals surface area contributed by atoms with Crippen LogP contribution in [0.2, 0.25) is 10.0 Å². The van der Waals surface area contributed by atoms with Crippen molar-refractivity contribution in [2.24, 2.45) is 21.8 Å². The summed E-state index contributed by atoms with van der Waals surface area (Å²) in [6, 6.07) is 0.197. The van der Waals surface area contributed by atoms with Crippen molar-refractivity contribution in [1.82, 2.24) is 20.5 Å². The lowest BCUT2D eigenvalue weighted by Gasteiger charge is -2.51. The molecule has 0 bridgehead atoms. The molecule has 2 saturated heterocycles. The number of β-lactam (4-membered cyclic amide) rings is 1. The van der Waals surface area contributed by atoms with E-state index in [2.05, 4.69) is 25.9 Å². The Morgan fingerprint density at radius 3 is 2.60 bits per heavy atom. The molecular weight excluding hydrogens is 763 g/mol. The normalized spacial score (nSPS) is 20.2. The van der Waals surface area contributed by atoms with Crippen molar-refractivity contribution >= 4 is 87.2 Å². The molecule has 3 aliphatic heterocycles. The maximum Gasteiger partial charge on any atom is 0.296 e. The van der Waals surface area contributed by atoms with Gasteiger partial charge in [0.25, 0.3) is 30.0 Å². The highest BCUT2D eigenvalue weighted by Crippen LogP contribution is 2.42. The van der Waals surface area contributed by atoms with Crippen LogP contribution in [0.15, 0.2) is 33.0 Å². The van der Waals surface area contributed by atoms with Gasteiger partial charge in [0.2, 0.25) is 0 Å². The van der Waals surface area contributed by atoms with E-state index in [-0.39, 0.29) is 51.0 Å². The molecule has 0 radical (unpaired) electrons. The van der Waals surface area contributed by atoms with Crippen LogP contribution < -0.4 is 27.9 Å². The minimum atomic E-state index is -1.51. The molecule has 2 fully saturated rings. The molecule has 3 amide bonds. The van der Waals surface area contributed by atoms with E-state index in [1.807, 2.05) is 0 Å². The number of carbonyl (C=O) groups is 4. The Morgan fingerprint density at radius 1 is 1.25 bits per heavy atom. The van der Waals surface area contributed by atoms with Crippen LogP contribution in [0.3, 0.4) is 0 Å². The number of thiazole rings is 1. The number of oxime groups is 1. The number of likely N-dealkylation sites (tertiary alicyclic amines) is 1. The Hall–Kier alpha value is -4.50. The van der Waals surface area contributed by atoms with Gasteiger partial charge in [0.05, 0.1) is 47.5 Å². The second-order valence-electron chi connectivity index (χ2n) is 12.6. The first-order chi connectivity index (χ1) is 24.6. The summed E-state index contributed by atoms with van der Waals surface area (Å²) < 4.78 is 5.42. The molecule has 5 rings (SSSR count). The second-order valence-corrected chi connectivity index (χ2v) is 15.4. The summed E-state index contributed by atoms with van der Waals surface area (Å²) in [5, 5.41) is 33.5. The number of ether oxygens (including phenoxy) is 1. The number of hydrazone groups is 1. The van der Waals surface area contributed by atoms with Gasteiger partial charge in [0.15, 0.2) is 28.2 Å². The van der Waals surface area contributed by atoms with Crippen molar-refractivity contribution in [2.75, 3.05) is 44.2 Å². The van der Waals surface area contributed by atoms with Gasteiger partial charge in [-0.25, -0.2) is 4.98 Å². The SMILES string of the molecule is CC(C)(OC=O)O/N=C(\C(=O)N[C@@H]1C(=O)N2C(C(N)=NN)=C(C[N+]3(CCNC(=O)c4cc(Cl)c(O)c(O)c4Cl)CCCC3)CS[C@H]12)c1csc(N)n1. The van der Waals surface area contributed by atoms with Crippen LogP contribution in [0, 0.1) is 0 Å². The lowest BCUT2D eigenvalue weighted by Crippen LogP contribution is -2.71. The van der Waals surface area contributed by atoms with Crippen molar-refractivity contribution in [2.45, 2.75) is 43.9 Å². The van der Waals surface area contributed by atoms with E-state index < -0.39 is 46.4 Å². The Morgan fingerprint density at radius 2 is 1.96 bits per heavy atom. The van der Waals surface area contributed by atoms with Gasteiger partial charge in [0, 0.05) is 43.4 Å². The van der Waals surface area contributed by atoms with E-state index in [0.717, 1.165) is 42.8 Å². The molecule has 10 N–H and O–H groups in total. The van der Waals surface area contributed by atoms with Crippen molar-refractivity contribution < 1.29 is 43.4 Å². The zero-order valence-electron chi connectivity index (χ0n) is 27.9. The fourth-order valence-electron chi connectivity index (χ4n) is 6.16. The fourth-order valence-corrected chi connectivity index (χ4v) is 8.47. The van der Waals surface area contributed by atoms with Gasteiger partial charge >= 0.3 is 0 Å². The number of phenols is 2. The molecule has 2 atom stereocenters. The van der Waals surface area contributed by atoms with Crippen molar-refractivity contribution in [3.05, 3.63) is 44.0 Å². The van der Waals surface area contributed by atoms with E-state index in [1.54, 1.807) is 0 Å². The van der Waals surface area contributed by atoms with Crippen LogP contribution in [0.5, 0.6) is 11.5 Å². The number of hydrogen-bond donors (Lipinski definition) is 7. The Bertz CT molecular complexity index is 1860. The van der Waals surface area contributed by atoms with Crippen LogP contribution >= 0.6 is 46.3 Å². The molecule has 3 aliphatic rings. The highest BCUT2D eigenvalue weighted by atomic mass is 35.5. The predicted octanol–water partition coefficient (Wildman–Crippen LogP) is 0.999. The van der Waals surface area contributed by atoms with Crippen LogP contribution in [0.25, 0.3) is 0 Å². The maximum absolute atomic E-state index is 13.7. The average Bonchev–Trinajstić information content (AvgIpc) is 3.76. The lowest BCUT2D eigenvalue weighted by molar-refractivity contribution is -0.911. The number of aromatic nitrogens is 1. The number of thioether (sulfide) groups is 1. The highest BCUT2D eigenvalue weighted by molar-refractivity contribution is 8.00. The van der Waals surface area contributed by atoms with Crippen LogP contribution in [0.4, 0.5) is 5.13 Å². The monoisotopic (exact) mass is 799 g/mol. The smallest absolute Gasteiger partial charge is 0.296 e. The standard InChI is InChI=1S/C30H36Cl2N10O8S2/c1-30(2,49-13-43)50-40-19(17-12-52-29(34)37-17)26(47)38-20-27(48)41-21(24(33)39-35)14(11-51-28(20)41)10-42(6-3-4-7-42)8-5-36-25(46)15-9-16(31)22(44)23(45)18(15)32/h9,12-13,20,28H,3-8,10-11H2,1-2H3,(H9-,33,34,35,36,37,38,39,40,44,45,46,47)/p+1/t20-,28-/m1/s1. The minimum Gasteiger partial charge on any atom is -0.503 e. The summed E-state index contributed by atoms with van der Waals surface area (Å²) in [5.41, 5.74) is 13.0. The number of carbonyl (C=O) groups excluding carboxylic acids is 4. The van der Waals surface area contributed by atoms with E-state index in [4.69, 9.17) is 50.1 Å². The molecule has 1 aromatic carbocycles. The van der Waals surface area contributed by atoms with Gasteiger partial charge in [-0.1, -0.05) is 28.4 Å². The zero-order valence-corrected chi connectivity index (χ0v) is 31.1. The first-order valence-electron chi connectivity index (χ1n) is 15.8. The Labute approximate surface area is 315 Å². The van der Waals surface area contributed by atoms with E-state index in [0.29, 0.717) is 29.0 Å². The number of amidine groups is 1. The fraction of sp³-hybridized carbons (Fsp3) is 0.433. The molecule has 280 valence electrons. The number of benzene rings is 1. The number of anilines is 1. The number of nitrogens with zero attached hydrogens (tertiary/aromatic N) is 5. The number of halogens is 2. The van der Waals surface area contributed by atoms with Crippen molar-refractivity contribution in [3.63, 3.8) is 0 Å². The zero-order chi connectivity index (χ0) is 38.0. The molecule has 1 aromatic heterocycles. The number of nitrogens with one attached hydrogen (secondary N) is 2. The largest absolute Gasteiger partial charge is 0.503 e. The van der Waals surface area contributed by atoms with Gasteiger partial charge in [-0.15, -0.1) is 23.1 Å². The Kier molecular flexibility index (Phi) is 11.6. The summed E-state index contributed by atoms with van der Waals surface area (Å²) in [6.45, 7) is 5.82. The number of phenolic OH excluding ortho intramolecular Hbond substituents is 2. The van der Waals surface area contributed by atoms with Crippen molar-refractivity contribution in [1.29, 1.82) is 0 Å². The van der Waals surface area contributed by atoms with E-state index >= 15 is 0 Å². The summed E-state index contributed by atoms with van der Waals surface area (Å²) in [6.07, 6.45) is 1.88. The quantitative estimate of drug-likeness (QED) is 0.0162. The topological polar surface area (TPSA) is 270 Å². The highest BCUT2D eigenvalue weighted by Gasteiger charge is 2.54. The van der Waals surface area contributed by atoms with Crippen LogP contribution in [-0.4, -0.2) is 116 Å². The number of hydrogen-bond acceptors (Lipinski definition) is 15. The molecule has 4 heterocycles. The molecule has 0 unspecified atom stereocenters. The number of quaternary nitrogens is 1. The molecular formula is C30H37Cl2N10O8S2+. The molecule has 2 aromatic rings. The van der Waals surface area contributed by atoms with Gasteiger partial charge in [-0.3, -0.25) is 24.1 Å². The maximum atomic E-state index is 13.7. The second kappa shape index (κ2) is 15.6. The van der Waals surface area contributed by atoms with Crippen LogP contribution in [0.1, 0.15) is 42.7 Å². The van der Waals surface area contributed by atoms with E-state index in [9.17, 15) is 29.4 Å². The molecule has 22 heteroatoms. The number of rotatable bonds is 14. The van der Waals surface area contributed by atoms with Gasteiger partial charge in [-0.2, -0.15) is 5.10 Å². The summed E-state index contributed by atoms with van der Waals surface area (Å²) in [7, 11) is 0. The molecule has 0 aliphatic carbocycles. The first-order valence-corrected chi connectivity index (χ1v) is 18.4. The van der Waals surface area contributed by atoms with Gasteiger partial charge in [-0.05, 0) is 6.07 Å². The summed E-state index contributed by atoms with van der Waals surface area (Å²) >= 11 is 14.5. The molecule has 18 nitrogen and oxygen atoms in total. The number of nitrogens with two attached hydrogens (primary N) is 3. The third-order valence-corrected chi connectivity index (χ3v) is 11.4. The first kappa shape index (κ1) is 38.7. The number of aromatic hydroxyl groups is 2. The Balaban J connectivity index is 1.32. The number of nitrogen functional groups attached to an aromatic ring is 1.